The van der Waals surface area contributed by atoms with Crippen molar-refractivity contribution in [2.24, 2.45) is 0 Å². The minimum Gasteiger partial charge on any atom is -0.482 e. The van der Waals surface area contributed by atoms with Crippen molar-refractivity contribution in [1.29, 1.82) is 0 Å². The van der Waals surface area contributed by atoms with Gasteiger partial charge < -0.3 is 10.1 Å². The van der Waals surface area contributed by atoms with Crippen LogP contribution in [0.25, 0.3) is 0 Å². The lowest BCUT2D eigenvalue weighted by Gasteiger charge is -2.30. The quantitative estimate of drug-likeness (QED) is 0.737. The van der Waals surface area contributed by atoms with Gasteiger partial charge in [0.2, 0.25) is 0 Å². The Balaban J connectivity index is 1.93. The van der Waals surface area contributed by atoms with Gasteiger partial charge in [0.1, 0.15) is 5.75 Å². The van der Waals surface area contributed by atoms with E-state index in [1.165, 1.54) is 5.56 Å². The van der Waals surface area contributed by atoms with Crippen LogP contribution in [-0.2, 0) is 4.79 Å². The van der Waals surface area contributed by atoms with E-state index in [-0.39, 0.29) is 18.6 Å². The van der Waals surface area contributed by atoms with Gasteiger partial charge in [-0.15, -0.1) is 0 Å². The van der Waals surface area contributed by atoms with Gasteiger partial charge in [-0.1, -0.05) is 67.9 Å². The summed E-state index contributed by atoms with van der Waals surface area (Å²) in [6.07, 6.45) is 0. The van der Waals surface area contributed by atoms with E-state index in [4.69, 9.17) is 16.3 Å². The van der Waals surface area contributed by atoms with Gasteiger partial charge in [-0.25, -0.2) is 0 Å². The zero-order chi connectivity index (χ0) is 18.1. The molecule has 0 aliphatic carbocycles. The van der Waals surface area contributed by atoms with Crippen LogP contribution in [0.1, 0.15) is 25.5 Å². The maximum atomic E-state index is 12.2. The third kappa shape index (κ3) is 5.76. The molecule has 0 saturated heterocycles. The fourth-order valence-corrected chi connectivity index (χ4v) is 2.95. The predicted octanol–water partition coefficient (Wildman–Crippen LogP) is 3.92. The van der Waals surface area contributed by atoms with Crippen LogP contribution in [0.2, 0.25) is 5.02 Å². The first-order valence-electron chi connectivity index (χ1n) is 8.58. The average Bonchev–Trinajstić information content (AvgIpc) is 2.65. The molecule has 0 bridgehead atoms. The Morgan fingerprint density at radius 3 is 2.36 bits per heavy atom. The first-order valence-corrected chi connectivity index (χ1v) is 8.96. The van der Waals surface area contributed by atoms with E-state index in [0.29, 0.717) is 17.3 Å². The molecule has 0 heterocycles. The third-order valence-corrected chi connectivity index (χ3v) is 4.44. The van der Waals surface area contributed by atoms with Crippen molar-refractivity contribution in [1.82, 2.24) is 10.2 Å². The molecule has 1 atom stereocenters. The lowest BCUT2D eigenvalue weighted by Crippen LogP contribution is -2.39. The predicted molar refractivity (Wildman–Crippen MR) is 102 cm³/mol. The van der Waals surface area contributed by atoms with E-state index in [0.717, 1.165) is 13.1 Å². The molecular weight excluding hydrogens is 336 g/mol. The van der Waals surface area contributed by atoms with E-state index in [1.807, 2.05) is 30.3 Å². The second-order valence-electron chi connectivity index (χ2n) is 5.67. The number of amides is 1. The molecule has 4 nitrogen and oxygen atoms in total. The number of likely N-dealkylation sites (N-methyl/N-ethyl adjacent to an activating group) is 1. The van der Waals surface area contributed by atoms with Crippen LogP contribution in [0.3, 0.4) is 0 Å². The minimum atomic E-state index is -0.159. The van der Waals surface area contributed by atoms with Gasteiger partial charge in [-0.2, -0.15) is 0 Å². The van der Waals surface area contributed by atoms with Gasteiger partial charge in [-0.05, 0) is 30.8 Å². The number of benzene rings is 2. The summed E-state index contributed by atoms with van der Waals surface area (Å²) in [6.45, 7) is 6.58. The zero-order valence-electron chi connectivity index (χ0n) is 14.7. The van der Waals surface area contributed by atoms with Crippen molar-refractivity contribution >= 4 is 17.5 Å². The number of rotatable bonds is 9. The molecule has 0 aliphatic heterocycles. The minimum absolute atomic E-state index is 0.0521. The van der Waals surface area contributed by atoms with Crippen molar-refractivity contribution in [3.05, 3.63) is 65.2 Å². The number of nitrogens with one attached hydrogen (secondary N) is 1. The molecule has 2 rings (SSSR count). The molecule has 0 radical (unpaired) electrons. The van der Waals surface area contributed by atoms with E-state index in [2.05, 4.69) is 36.2 Å². The Bertz CT molecular complexity index is 660. The molecule has 1 N–H and O–H groups in total. The first kappa shape index (κ1) is 19.3. The molecule has 0 saturated carbocycles. The van der Waals surface area contributed by atoms with Gasteiger partial charge >= 0.3 is 0 Å². The summed E-state index contributed by atoms with van der Waals surface area (Å²) in [5.74, 6) is 0.357. The van der Waals surface area contributed by atoms with E-state index in [1.54, 1.807) is 12.1 Å². The highest BCUT2D eigenvalue weighted by atomic mass is 35.5. The Morgan fingerprint density at radius 2 is 1.72 bits per heavy atom. The summed E-state index contributed by atoms with van der Waals surface area (Å²) in [4.78, 5) is 14.5. The van der Waals surface area contributed by atoms with Crippen molar-refractivity contribution in [3.8, 4) is 5.75 Å². The summed E-state index contributed by atoms with van der Waals surface area (Å²) in [6, 6.07) is 17.5. The topological polar surface area (TPSA) is 41.6 Å². The molecular formula is C20H25ClN2O2. The van der Waals surface area contributed by atoms with Crippen LogP contribution in [0, 0.1) is 0 Å². The third-order valence-electron chi connectivity index (χ3n) is 4.13. The van der Waals surface area contributed by atoms with Gasteiger partial charge in [-0.3, -0.25) is 9.69 Å². The number of halogens is 1. The van der Waals surface area contributed by atoms with Crippen LogP contribution < -0.4 is 10.1 Å². The molecule has 0 aliphatic rings. The smallest absolute Gasteiger partial charge is 0.258 e. The fourth-order valence-electron chi connectivity index (χ4n) is 2.76. The summed E-state index contributed by atoms with van der Waals surface area (Å²) in [5, 5.41) is 3.47. The maximum absolute atomic E-state index is 12.2. The van der Waals surface area contributed by atoms with Crippen molar-refractivity contribution < 1.29 is 9.53 Å². The monoisotopic (exact) mass is 360 g/mol. The van der Waals surface area contributed by atoms with Crippen LogP contribution in [0.4, 0.5) is 0 Å². The molecule has 5 heteroatoms. The molecule has 0 fully saturated rings. The normalized spacial score (nSPS) is 12.0. The molecule has 2 aromatic carbocycles. The van der Waals surface area contributed by atoms with Crippen LogP contribution >= 0.6 is 11.6 Å². The Morgan fingerprint density at radius 1 is 1.08 bits per heavy atom. The second-order valence-corrected chi connectivity index (χ2v) is 6.08. The summed E-state index contributed by atoms with van der Waals surface area (Å²) in [7, 11) is 0. The van der Waals surface area contributed by atoms with E-state index >= 15 is 0 Å². The SMILES string of the molecule is CCN(CC)[C@@H](CNC(=O)COc1ccccc1Cl)c1ccccc1. The van der Waals surface area contributed by atoms with Gasteiger partial charge in [0.15, 0.2) is 6.61 Å². The average molecular weight is 361 g/mol. The number of carbonyl (C=O) groups excluding carboxylic acids is 1. The molecule has 1 amide bonds. The van der Waals surface area contributed by atoms with Crippen molar-refractivity contribution in [2.75, 3.05) is 26.2 Å². The highest BCUT2D eigenvalue weighted by molar-refractivity contribution is 6.32. The maximum Gasteiger partial charge on any atom is 0.258 e. The van der Waals surface area contributed by atoms with E-state index < -0.39 is 0 Å². The van der Waals surface area contributed by atoms with Crippen molar-refractivity contribution in [2.45, 2.75) is 19.9 Å². The summed E-state index contributed by atoms with van der Waals surface area (Å²) >= 11 is 6.03. The summed E-state index contributed by atoms with van der Waals surface area (Å²) < 4.78 is 5.49. The van der Waals surface area contributed by atoms with Crippen LogP contribution in [0.5, 0.6) is 5.75 Å². The standard InChI is InChI=1S/C20H25ClN2O2/c1-3-23(4-2)18(16-10-6-5-7-11-16)14-22-20(24)15-25-19-13-9-8-12-17(19)21/h5-13,18H,3-4,14-15H2,1-2H3,(H,22,24)/t18-/m0/s1. The Hall–Kier alpha value is -2.04. The molecule has 134 valence electrons. The highest BCUT2D eigenvalue weighted by Crippen LogP contribution is 2.23. The van der Waals surface area contributed by atoms with Gasteiger partial charge in [0.25, 0.3) is 5.91 Å². The lowest BCUT2D eigenvalue weighted by molar-refractivity contribution is -0.123. The number of carbonyl (C=O) groups is 1. The molecule has 0 aromatic heterocycles. The fraction of sp³-hybridized carbons (Fsp3) is 0.350. The molecule has 0 unspecified atom stereocenters. The molecule has 25 heavy (non-hydrogen) atoms. The highest BCUT2D eigenvalue weighted by Gasteiger charge is 2.18. The molecule has 2 aromatic rings. The largest absolute Gasteiger partial charge is 0.482 e. The van der Waals surface area contributed by atoms with E-state index in [9.17, 15) is 4.79 Å². The summed E-state index contributed by atoms with van der Waals surface area (Å²) in [5.41, 5.74) is 1.19. The van der Waals surface area contributed by atoms with Crippen molar-refractivity contribution in [3.63, 3.8) is 0 Å². The number of hydrogen-bond acceptors (Lipinski definition) is 3. The first-order chi connectivity index (χ1) is 12.2. The Labute approximate surface area is 154 Å². The van der Waals surface area contributed by atoms with Crippen LogP contribution in [-0.4, -0.2) is 37.0 Å². The Kier molecular flexibility index (Phi) is 7.76. The number of nitrogens with zero attached hydrogens (tertiary/aromatic N) is 1. The lowest BCUT2D eigenvalue weighted by atomic mass is 10.1. The zero-order valence-corrected chi connectivity index (χ0v) is 15.5. The number of hydrogen-bond donors (Lipinski definition) is 1. The number of ether oxygens (including phenoxy) is 1. The van der Waals surface area contributed by atoms with Crippen LogP contribution in [0.15, 0.2) is 54.6 Å². The van der Waals surface area contributed by atoms with Gasteiger partial charge in [0, 0.05) is 6.54 Å². The second kappa shape index (κ2) is 10.1. The number of para-hydroxylation sites is 1. The molecule has 0 spiro atoms. The van der Waals surface area contributed by atoms with Gasteiger partial charge in [0.05, 0.1) is 11.1 Å².